The Kier molecular flexibility index (Phi) is 9.83. The molecule has 2 aliphatic heterocycles. The SMILES string of the molecule is CCCC(CCC)c1noc([C@H](C)NP(=O)(OC[C@H]2O[C@@H](n3ccc(N)nc3=O)[C@]3(C)OC(C)(C)O[C@H]23)Oc2ccccc2)n1. The monoisotopic (exact) mass is 646 g/mol. The van der Waals surface area contributed by atoms with Crippen LogP contribution >= 0.6 is 7.75 Å². The third-order valence-corrected chi connectivity index (χ3v) is 9.52. The van der Waals surface area contributed by atoms with Crippen LogP contribution in [0.25, 0.3) is 0 Å². The molecule has 6 atom stereocenters. The molecule has 0 aliphatic carbocycles. The number of ether oxygens (including phenoxy) is 3. The first-order chi connectivity index (χ1) is 21.4. The number of aromatic nitrogens is 4. The summed E-state index contributed by atoms with van der Waals surface area (Å²) in [5.74, 6) is 0.478. The number of anilines is 1. The second kappa shape index (κ2) is 13.3. The number of hydrogen-bond donors (Lipinski definition) is 2. The van der Waals surface area contributed by atoms with Crippen LogP contribution in [0.5, 0.6) is 5.75 Å². The lowest BCUT2D eigenvalue weighted by Crippen LogP contribution is -2.44. The third-order valence-electron chi connectivity index (χ3n) is 7.87. The van der Waals surface area contributed by atoms with Gasteiger partial charge in [0, 0.05) is 12.1 Å². The number of fused-ring (bicyclic) bond motifs is 1. The fourth-order valence-corrected chi connectivity index (χ4v) is 7.48. The molecule has 1 unspecified atom stereocenters. The van der Waals surface area contributed by atoms with Crippen LogP contribution in [-0.4, -0.2) is 49.9 Å². The zero-order valence-electron chi connectivity index (χ0n) is 26.5. The van der Waals surface area contributed by atoms with E-state index in [1.807, 2.05) is 6.07 Å². The van der Waals surface area contributed by atoms with Gasteiger partial charge in [0.05, 0.1) is 12.6 Å². The summed E-state index contributed by atoms with van der Waals surface area (Å²) < 4.78 is 52.0. The first-order valence-corrected chi connectivity index (χ1v) is 16.9. The highest BCUT2D eigenvalue weighted by atomic mass is 31.2. The fraction of sp³-hybridized carbons (Fsp3) is 0.600. The summed E-state index contributed by atoms with van der Waals surface area (Å²) in [5, 5.41) is 7.17. The van der Waals surface area contributed by atoms with Gasteiger partial charge >= 0.3 is 13.4 Å². The van der Waals surface area contributed by atoms with Gasteiger partial charge < -0.3 is 29.0 Å². The van der Waals surface area contributed by atoms with Crippen LogP contribution in [0.4, 0.5) is 5.82 Å². The summed E-state index contributed by atoms with van der Waals surface area (Å²) in [6, 6.07) is 9.49. The fourth-order valence-electron chi connectivity index (χ4n) is 5.98. The van der Waals surface area contributed by atoms with E-state index in [1.54, 1.807) is 52.0 Å². The van der Waals surface area contributed by atoms with Crippen molar-refractivity contribution in [3.05, 3.63) is 64.8 Å². The van der Waals surface area contributed by atoms with E-state index in [2.05, 4.69) is 34.1 Å². The van der Waals surface area contributed by atoms with E-state index in [9.17, 15) is 9.36 Å². The summed E-state index contributed by atoms with van der Waals surface area (Å²) in [6.45, 7) is 11.1. The van der Waals surface area contributed by atoms with Gasteiger partial charge in [-0.2, -0.15) is 15.1 Å². The van der Waals surface area contributed by atoms with E-state index < -0.39 is 49.3 Å². The van der Waals surface area contributed by atoms with E-state index in [-0.39, 0.29) is 24.2 Å². The molecule has 5 rings (SSSR count). The summed E-state index contributed by atoms with van der Waals surface area (Å²) in [5.41, 5.74) is 3.99. The molecule has 4 heterocycles. The summed E-state index contributed by atoms with van der Waals surface area (Å²) in [7, 11) is -4.11. The summed E-state index contributed by atoms with van der Waals surface area (Å²) in [6.07, 6.45) is 2.93. The maximum Gasteiger partial charge on any atom is 0.459 e. The van der Waals surface area contributed by atoms with E-state index in [0.29, 0.717) is 11.6 Å². The van der Waals surface area contributed by atoms with Crippen LogP contribution in [0.1, 0.15) is 97.1 Å². The molecular formula is C30H43N6O8P. The number of benzene rings is 1. The van der Waals surface area contributed by atoms with Gasteiger partial charge in [0.15, 0.2) is 17.8 Å². The Bertz CT molecular complexity index is 1540. The van der Waals surface area contributed by atoms with Gasteiger partial charge in [-0.25, -0.2) is 9.36 Å². The standard InChI is InChI=1S/C30H43N6O8P/c1-7-12-20(13-8-2)25-33-26(42-34-25)19(3)35-45(38,43-21-14-10-9-11-15-21)39-18-22-24-30(6,44-29(4,5)41-24)27(40-22)36-17-16-23(31)32-28(36)37/h9-11,14-17,19-20,22,24,27H,7-8,12-13,18H2,1-6H3,(H,35,38)(H2,31,32,37)/t19-,22+,24+,27+,30+,45?/m0/s1. The number of hydrogen-bond acceptors (Lipinski definition) is 12. The molecule has 1 aromatic carbocycles. The molecule has 14 nitrogen and oxygen atoms in total. The van der Waals surface area contributed by atoms with Gasteiger partial charge in [0.1, 0.15) is 29.4 Å². The lowest BCUT2D eigenvalue weighted by atomic mass is 9.96. The van der Waals surface area contributed by atoms with E-state index in [4.69, 9.17) is 33.5 Å². The number of nitrogen functional groups attached to an aromatic ring is 1. The predicted octanol–water partition coefficient (Wildman–Crippen LogP) is 5.25. The van der Waals surface area contributed by atoms with Crippen molar-refractivity contribution >= 4 is 13.6 Å². The highest BCUT2D eigenvalue weighted by Crippen LogP contribution is 2.53. The van der Waals surface area contributed by atoms with Crippen molar-refractivity contribution in [1.82, 2.24) is 24.8 Å². The molecule has 15 heteroatoms. The topological polar surface area (TPSA) is 175 Å². The smallest absolute Gasteiger partial charge is 0.413 e. The van der Waals surface area contributed by atoms with Crippen molar-refractivity contribution in [1.29, 1.82) is 0 Å². The Morgan fingerprint density at radius 2 is 1.82 bits per heavy atom. The van der Waals surface area contributed by atoms with Crippen LogP contribution in [0.2, 0.25) is 0 Å². The van der Waals surface area contributed by atoms with Gasteiger partial charge in [-0.1, -0.05) is 50.0 Å². The minimum absolute atomic E-state index is 0.0820. The van der Waals surface area contributed by atoms with Gasteiger partial charge in [-0.3, -0.25) is 9.09 Å². The quantitative estimate of drug-likeness (QED) is 0.217. The summed E-state index contributed by atoms with van der Waals surface area (Å²) >= 11 is 0. The molecule has 2 aliphatic rings. The Balaban J connectivity index is 1.38. The Morgan fingerprint density at radius 3 is 2.49 bits per heavy atom. The number of nitrogens with zero attached hydrogens (tertiary/aromatic N) is 4. The maximum absolute atomic E-state index is 14.4. The van der Waals surface area contributed by atoms with Crippen molar-refractivity contribution < 1.29 is 32.3 Å². The first-order valence-electron chi connectivity index (χ1n) is 15.3. The van der Waals surface area contributed by atoms with Gasteiger partial charge in [-0.05, 0) is 58.7 Å². The number of nitrogens with one attached hydrogen (secondary N) is 1. The summed E-state index contributed by atoms with van der Waals surface area (Å²) in [4.78, 5) is 21.2. The maximum atomic E-state index is 14.4. The average molecular weight is 647 g/mol. The highest BCUT2D eigenvalue weighted by molar-refractivity contribution is 7.52. The van der Waals surface area contributed by atoms with E-state index >= 15 is 0 Å². The molecule has 2 aromatic heterocycles. The Hall–Kier alpha value is -3.13. The first kappa shape index (κ1) is 33.2. The van der Waals surface area contributed by atoms with Crippen LogP contribution in [0.15, 0.2) is 51.9 Å². The van der Waals surface area contributed by atoms with Crippen molar-refractivity contribution in [3.63, 3.8) is 0 Å². The third kappa shape index (κ3) is 7.32. The zero-order valence-corrected chi connectivity index (χ0v) is 27.4. The molecule has 2 saturated heterocycles. The molecule has 0 radical (unpaired) electrons. The van der Waals surface area contributed by atoms with Crippen molar-refractivity contribution in [2.45, 2.75) is 109 Å². The molecule has 246 valence electrons. The normalized spacial score (nSPS) is 26.1. The largest absolute Gasteiger partial charge is 0.459 e. The van der Waals surface area contributed by atoms with Crippen LogP contribution in [0.3, 0.4) is 0 Å². The molecule has 0 bridgehead atoms. The average Bonchev–Trinajstić information content (AvgIpc) is 3.63. The Morgan fingerprint density at radius 1 is 1.11 bits per heavy atom. The molecule has 0 spiro atoms. The Labute approximate surface area is 262 Å². The van der Waals surface area contributed by atoms with Crippen molar-refractivity contribution in [2.24, 2.45) is 0 Å². The minimum Gasteiger partial charge on any atom is -0.413 e. The number of rotatable bonds is 14. The van der Waals surface area contributed by atoms with E-state index in [0.717, 1.165) is 25.7 Å². The molecule has 3 N–H and O–H groups in total. The second-order valence-corrected chi connectivity index (χ2v) is 13.8. The van der Waals surface area contributed by atoms with Crippen LogP contribution < -0.4 is 21.0 Å². The lowest BCUT2D eigenvalue weighted by Gasteiger charge is -2.30. The van der Waals surface area contributed by atoms with Crippen LogP contribution in [0, 0.1) is 0 Å². The zero-order chi connectivity index (χ0) is 32.4. The van der Waals surface area contributed by atoms with Crippen molar-refractivity contribution in [3.8, 4) is 5.75 Å². The molecule has 0 saturated carbocycles. The van der Waals surface area contributed by atoms with Crippen LogP contribution in [-0.2, 0) is 23.3 Å². The lowest BCUT2D eigenvalue weighted by molar-refractivity contribution is -0.217. The number of para-hydroxylation sites is 1. The van der Waals surface area contributed by atoms with Crippen molar-refractivity contribution in [2.75, 3.05) is 12.3 Å². The molecule has 3 aromatic rings. The van der Waals surface area contributed by atoms with Gasteiger partial charge in [-0.15, -0.1) is 0 Å². The highest BCUT2D eigenvalue weighted by Gasteiger charge is 2.64. The molecule has 0 amide bonds. The van der Waals surface area contributed by atoms with Gasteiger partial charge in [0.2, 0.25) is 5.89 Å². The number of nitrogens with two attached hydrogens (primary N) is 1. The molecule has 45 heavy (non-hydrogen) atoms. The molecule has 2 fully saturated rings. The second-order valence-electron chi connectivity index (χ2n) is 12.1. The van der Waals surface area contributed by atoms with Gasteiger partial charge in [0.25, 0.3) is 0 Å². The van der Waals surface area contributed by atoms with E-state index in [1.165, 1.54) is 16.8 Å². The predicted molar refractivity (Wildman–Crippen MR) is 164 cm³/mol. The minimum atomic E-state index is -4.11. The molecular weight excluding hydrogens is 603 g/mol.